The van der Waals surface area contributed by atoms with Crippen LogP contribution in [-0.4, -0.2) is 44.6 Å². The standard InChI is InChI=1S/C19H22N2O4S/c22-19(20-11-9-16(14-20)18-4-3-12-25-18)15-5-7-17(8-6-15)21-10-1-2-13-26(21,23)24/h3-8,12,16H,1-2,9-11,13-14H2. The molecule has 1 aromatic heterocycles. The van der Waals surface area contributed by atoms with E-state index in [1.165, 1.54) is 4.31 Å². The SMILES string of the molecule is O=C(c1ccc(N2CCCCS2(=O)=O)cc1)N1CCC(c2ccco2)C1. The van der Waals surface area contributed by atoms with Crippen molar-refractivity contribution in [2.75, 3.05) is 29.7 Å². The van der Waals surface area contributed by atoms with Crippen molar-refractivity contribution in [2.45, 2.75) is 25.2 Å². The predicted octanol–water partition coefficient (Wildman–Crippen LogP) is 2.84. The highest BCUT2D eigenvalue weighted by Gasteiger charge is 2.30. The zero-order valence-corrected chi connectivity index (χ0v) is 15.3. The Hall–Kier alpha value is -2.28. The van der Waals surface area contributed by atoms with Crippen molar-refractivity contribution in [1.82, 2.24) is 4.90 Å². The van der Waals surface area contributed by atoms with Gasteiger partial charge in [-0.25, -0.2) is 8.42 Å². The minimum absolute atomic E-state index is 0.0212. The zero-order chi connectivity index (χ0) is 18.1. The van der Waals surface area contributed by atoms with Crippen molar-refractivity contribution in [2.24, 2.45) is 0 Å². The molecule has 1 atom stereocenters. The molecular formula is C19H22N2O4S. The van der Waals surface area contributed by atoms with Crippen LogP contribution in [0, 0.1) is 0 Å². The number of benzene rings is 1. The summed E-state index contributed by atoms with van der Waals surface area (Å²) in [5, 5.41) is 0. The van der Waals surface area contributed by atoms with Gasteiger partial charge in [-0.15, -0.1) is 0 Å². The minimum Gasteiger partial charge on any atom is -0.469 e. The zero-order valence-electron chi connectivity index (χ0n) is 14.5. The number of rotatable bonds is 3. The number of carbonyl (C=O) groups is 1. The first-order chi connectivity index (χ1) is 12.5. The van der Waals surface area contributed by atoms with E-state index in [9.17, 15) is 13.2 Å². The number of sulfonamides is 1. The van der Waals surface area contributed by atoms with Gasteiger partial charge < -0.3 is 9.32 Å². The molecular weight excluding hydrogens is 352 g/mol. The van der Waals surface area contributed by atoms with E-state index in [4.69, 9.17) is 4.42 Å². The molecule has 2 aliphatic heterocycles. The maximum Gasteiger partial charge on any atom is 0.253 e. The molecule has 4 rings (SSSR count). The first-order valence-corrected chi connectivity index (χ1v) is 10.6. The lowest BCUT2D eigenvalue weighted by Crippen LogP contribution is -2.37. The van der Waals surface area contributed by atoms with Crippen LogP contribution in [0.1, 0.15) is 41.3 Å². The third-order valence-corrected chi connectivity index (χ3v) is 7.04. The fourth-order valence-corrected chi connectivity index (χ4v) is 5.37. The summed E-state index contributed by atoms with van der Waals surface area (Å²) < 4.78 is 31.3. The predicted molar refractivity (Wildman–Crippen MR) is 98.8 cm³/mol. The molecule has 26 heavy (non-hydrogen) atoms. The van der Waals surface area contributed by atoms with Gasteiger partial charge in [0.15, 0.2) is 0 Å². The van der Waals surface area contributed by atoms with Gasteiger partial charge in [0.1, 0.15) is 5.76 Å². The molecule has 1 aromatic carbocycles. The quantitative estimate of drug-likeness (QED) is 0.828. The molecule has 0 spiro atoms. The van der Waals surface area contributed by atoms with E-state index >= 15 is 0 Å². The topological polar surface area (TPSA) is 70.8 Å². The molecule has 6 nitrogen and oxygen atoms in total. The lowest BCUT2D eigenvalue weighted by atomic mass is 10.1. The van der Waals surface area contributed by atoms with Gasteiger partial charge in [0.25, 0.3) is 5.91 Å². The number of furan rings is 1. The van der Waals surface area contributed by atoms with Crippen molar-refractivity contribution < 1.29 is 17.6 Å². The normalized spacial score (nSPS) is 22.5. The molecule has 138 valence electrons. The summed E-state index contributed by atoms with van der Waals surface area (Å²) in [4.78, 5) is 14.6. The van der Waals surface area contributed by atoms with Gasteiger partial charge >= 0.3 is 0 Å². The van der Waals surface area contributed by atoms with Crippen molar-refractivity contribution in [3.05, 3.63) is 54.0 Å². The highest BCUT2D eigenvalue weighted by atomic mass is 32.2. The number of anilines is 1. The molecule has 0 radical (unpaired) electrons. The molecule has 2 saturated heterocycles. The van der Waals surface area contributed by atoms with Crippen LogP contribution in [-0.2, 0) is 10.0 Å². The molecule has 0 N–H and O–H groups in total. The number of nitrogens with zero attached hydrogens (tertiary/aromatic N) is 2. The lowest BCUT2D eigenvalue weighted by molar-refractivity contribution is 0.0790. The number of likely N-dealkylation sites (tertiary alicyclic amines) is 1. The lowest BCUT2D eigenvalue weighted by Gasteiger charge is -2.28. The Bertz CT molecular complexity index is 875. The third-order valence-electron chi connectivity index (χ3n) is 5.17. The van der Waals surface area contributed by atoms with Crippen LogP contribution in [0.25, 0.3) is 0 Å². The highest BCUT2D eigenvalue weighted by Crippen LogP contribution is 2.29. The molecule has 0 bridgehead atoms. The second-order valence-corrected chi connectivity index (χ2v) is 8.91. The third kappa shape index (κ3) is 3.23. The van der Waals surface area contributed by atoms with E-state index in [1.807, 2.05) is 17.0 Å². The summed E-state index contributed by atoms with van der Waals surface area (Å²) in [7, 11) is -3.23. The van der Waals surface area contributed by atoms with Crippen LogP contribution >= 0.6 is 0 Å². The Kier molecular flexibility index (Phi) is 4.48. The van der Waals surface area contributed by atoms with Crippen LogP contribution in [0.15, 0.2) is 47.1 Å². The second-order valence-electron chi connectivity index (χ2n) is 6.89. The van der Waals surface area contributed by atoms with Crippen molar-refractivity contribution in [1.29, 1.82) is 0 Å². The van der Waals surface area contributed by atoms with Crippen LogP contribution in [0.4, 0.5) is 5.69 Å². The Morgan fingerprint density at radius 3 is 2.58 bits per heavy atom. The Morgan fingerprint density at radius 2 is 1.88 bits per heavy atom. The summed E-state index contributed by atoms with van der Waals surface area (Å²) in [5.41, 5.74) is 1.22. The van der Waals surface area contributed by atoms with Crippen LogP contribution < -0.4 is 4.31 Å². The van der Waals surface area contributed by atoms with Gasteiger partial charge in [0.05, 0.1) is 17.7 Å². The molecule has 7 heteroatoms. The fraction of sp³-hybridized carbons (Fsp3) is 0.421. The van der Waals surface area contributed by atoms with E-state index < -0.39 is 10.0 Å². The van der Waals surface area contributed by atoms with Gasteiger partial charge in [0, 0.05) is 31.1 Å². The monoisotopic (exact) mass is 374 g/mol. The van der Waals surface area contributed by atoms with Crippen LogP contribution in [0.5, 0.6) is 0 Å². The summed E-state index contributed by atoms with van der Waals surface area (Å²) in [5.74, 6) is 1.33. The molecule has 3 heterocycles. The van der Waals surface area contributed by atoms with Crippen LogP contribution in [0.3, 0.4) is 0 Å². The van der Waals surface area contributed by atoms with E-state index in [0.717, 1.165) is 18.6 Å². The summed E-state index contributed by atoms with van der Waals surface area (Å²) in [6.07, 6.45) is 4.12. The van der Waals surface area contributed by atoms with E-state index in [1.54, 1.807) is 30.5 Å². The first kappa shape index (κ1) is 17.1. The number of hydrogen-bond donors (Lipinski definition) is 0. The molecule has 1 amide bonds. The second kappa shape index (κ2) is 6.79. The maximum atomic E-state index is 12.7. The number of hydrogen-bond acceptors (Lipinski definition) is 4. The molecule has 2 fully saturated rings. The highest BCUT2D eigenvalue weighted by molar-refractivity contribution is 7.92. The largest absolute Gasteiger partial charge is 0.469 e. The van der Waals surface area contributed by atoms with Gasteiger partial charge in [0.2, 0.25) is 10.0 Å². The average Bonchev–Trinajstić information content (AvgIpc) is 3.32. The van der Waals surface area contributed by atoms with Crippen molar-refractivity contribution in [3.63, 3.8) is 0 Å². The first-order valence-electron chi connectivity index (χ1n) is 8.98. The Balaban J connectivity index is 1.46. The Labute approximate surface area is 153 Å². The van der Waals surface area contributed by atoms with Crippen LogP contribution in [0.2, 0.25) is 0 Å². The van der Waals surface area contributed by atoms with Crippen molar-refractivity contribution >= 4 is 21.6 Å². The number of carbonyl (C=O) groups excluding carboxylic acids is 1. The van der Waals surface area contributed by atoms with Gasteiger partial charge in [-0.2, -0.15) is 0 Å². The van der Waals surface area contributed by atoms with Gasteiger partial charge in [-0.05, 0) is 55.7 Å². The maximum absolute atomic E-state index is 12.7. The summed E-state index contributed by atoms with van der Waals surface area (Å²) in [6, 6.07) is 10.7. The number of amides is 1. The molecule has 0 aliphatic carbocycles. The smallest absolute Gasteiger partial charge is 0.253 e. The molecule has 1 unspecified atom stereocenters. The minimum atomic E-state index is -3.23. The summed E-state index contributed by atoms with van der Waals surface area (Å²) in [6.45, 7) is 1.85. The average molecular weight is 374 g/mol. The summed E-state index contributed by atoms with van der Waals surface area (Å²) >= 11 is 0. The Morgan fingerprint density at radius 1 is 1.08 bits per heavy atom. The molecule has 0 saturated carbocycles. The molecule has 2 aromatic rings. The fourth-order valence-electron chi connectivity index (χ4n) is 3.73. The van der Waals surface area contributed by atoms with E-state index in [-0.39, 0.29) is 17.6 Å². The van der Waals surface area contributed by atoms with E-state index in [0.29, 0.717) is 37.3 Å². The van der Waals surface area contributed by atoms with Crippen molar-refractivity contribution in [3.8, 4) is 0 Å². The van der Waals surface area contributed by atoms with Gasteiger partial charge in [-0.1, -0.05) is 0 Å². The van der Waals surface area contributed by atoms with E-state index in [2.05, 4.69) is 0 Å². The molecule has 2 aliphatic rings. The van der Waals surface area contributed by atoms with Gasteiger partial charge in [-0.3, -0.25) is 9.10 Å².